The molecular formula is C21H32O3. The third kappa shape index (κ3) is 4.18. The number of hydrogen-bond donors (Lipinski definition) is 1. The van der Waals surface area contributed by atoms with Crippen LogP contribution in [-0.4, -0.2) is 17.7 Å². The van der Waals surface area contributed by atoms with Crippen molar-refractivity contribution in [2.45, 2.75) is 60.0 Å². The SMILES string of the molecule is CC(C)C1CCC(C)(C)C[C@]1(C)C(=O)OCC(O)c1ccccc1. The van der Waals surface area contributed by atoms with Gasteiger partial charge >= 0.3 is 5.97 Å². The number of esters is 1. The number of benzene rings is 1. The fraction of sp³-hybridized carbons (Fsp3) is 0.667. The molecule has 1 aromatic rings. The minimum absolute atomic E-state index is 0.0175. The maximum absolute atomic E-state index is 12.9. The molecule has 2 unspecified atom stereocenters. The highest BCUT2D eigenvalue weighted by Crippen LogP contribution is 2.52. The zero-order chi connectivity index (χ0) is 18.0. The van der Waals surface area contributed by atoms with E-state index in [0.29, 0.717) is 11.8 Å². The third-order valence-electron chi connectivity index (χ3n) is 5.62. The minimum atomic E-state index is -0.771. The predicted octanol–water partition coefficient (Wildman–Crippen LogP) is 4.75. The molecule has 1 saturated carbocycles. The first-order valence-corrected chi connectivity index (χ1v) is 9.06. The van der Waals surface area contributed by atoms with E-state index >= 15 is 0 Å². The first kappa shape index (κ1) is 19.0. The molecule has 1 fully saturated rings. The van der Waals surface area contributed by atoms with Crippen LogP contribution in [0.25, 0.3) is 0 Å². The van der Waals surface area contributed by atoms with Crippen molar-refractivity contribution in [3.63, 3.8) is 0 Å². The molecule has 1 aromatic carbocycles. The highest BCUT2D eigenvalue weighted by atomic mass is 16.5. The van der Waals surface area contributed by atoms with Gasteiger partial charge in [0.2, 0.25) is 0 Å². The summed E-state index contributed by atoms with van der Waals surface area (Å²) in [7, 11) is 0. The van der Waals surface area contributed by atoms with E-state index in [9.17, 15) is 9.90 Å². The lowest BCUT2D eigenvalue weighted by Crippen LogP contribution is -2.47. The lowest BCUT2D eigenvalue weighted by atomic mass is 9.56. The highest BCUT2D eigenvalue weighted by Gasteiger charge is 2.50. The number of hydrogen-bond acceptors (Lipinski definition) is 3. The summed E-state index contributed by atoms with van der Waals surface area (Å²) in [5, 5.41) is 10.3. The summed E-state index contributed by atoms with van der Waals surface area (Å²) in [5.41, 5.74) is 0.448. The molecule has 0 spiro atoms. The summed E-state index contributed by atoms with van der Waals surface area (Å²) in [6.07, 6.45) is 2.26. The Balaban J connectivity index is 2.07. The molecule has 0 saturated heterocycles. The van der Waals surface area contributed by atoms with Gasteiger partial charge in [-0.05, 0) is 49.0 Å². The number of carbonyl (C=O) groups is 1. The lowest BCUT2D eigenvalue weighted by molar-refractivity contribution is -0.169. The Morgan fingerprint density at radius 3 is 2.46 bits per heavy atom. The van der Waals surface area contributed by atoms with Crippen molar-refractivity contribution in [1.29, 1.82) is 0 Å². The standard InChI is InChI=1S/C21H32O3/c1-15(2)17-11-12-20(3,4)14-21(17,5)19(23)24-13-18(22)16-9-7-6-8-10-16/h6-10,15,17-18,22H,11-14H2,1-5H3/t17?,18?,21-/m0/s1. The van der Waals surface area contributed by atoms with Gasteiger partial charge in [-0.25, -0.2) is 0 Å². The van der Waals surface area contributed by atoms with Crippen LogP contribution >= 0.6 is 0 Å². The fourth-order valence-electron chi connectivity index (χ4n) is 4.46. The maximum Gasteiger partial charge on any atom is 0.312 e. The van der Waals surface area contributed by atoms with Gasteiger partial charge in [0.1, 0.15) is 12.7 Å². The van der Waals surface area contributed by atoms with Gasteiger partial charge in [-0.2, -0.15) is 0 Å². The molecule has 24 heavy (non-hydrogen) atoms. The van der Waals surface area contributed by atoms with Gasteiger partial charge in [0.25, 0.3) is 0 Å². The van der Waals surface area contributed by atoms with Crippen LogP contribution in [0.1, 0.15) is 65.5 Å². The molecule has 134 valence electrons. The molecule has 2 rings (SSSR count). The van der Waals surface area contributed by atoms with Gasteiger partial charge < -0.3 is 9.84 Å². The summed E-state index contributed by atoms with van der Waals surface area (Å²) in [5.74, 6) is 0.605. The van der Waals surface area contributed by atoms with Gasteiger partial charge in [-0.15, -0.1) is 0 Å². The second-order valence-corrected chi connectivity index (χ2v) is 8.67. The van der Waals surface area contributed by atoms with E-state index in [4.69, 9.17) is 4.74 Å². The average molecular weight is 332 g/mol. The van der Waals surface area contributed by atoms with Crippen LogP contribution in [0, 0.1) is 22.7 Å². The summed E-state index contributed by atoms with van der Waals surface area (Å²) in [4.78, 5) is 12.9. The van der Waals surface area contributed by atoms with Crippen molar-refractivity contribution in [2.24, 2.45) is 22.7 Å². The van der Waals surface area contributed by atoms with Crippen LogP contribution in [0.2, 0.25) is 0 Å². The summed E-state index contributed by atoms with van der Waals surface area (Å²) in [6, 6.07) is 9.35. The summed E-state index contributed by atoms with van der Waals surface area (Å²) < 4.78 is 5.59. The van der Waals surface area contributed by atoms with Crippen LogP contribution in [0.5, 0.6) is 0 Å². The molecule has 3 atom stereocenters. The zero-order valence-corrected chi connectivity index (χ0v) is 15.7. The van der Waals surface area contributed by atoms with E-state index in [2.05, 4.69) is 34.6 Å². The van der Waals surface area contributed by atoms with Crippen LogP contribution in [-0.2, 0) is 9.53 Å². The second kappa shape index (κ2) is 7.26. The summed E-state index contributed by atoms with van der Waals surface area (Å²) >= 11 is 0. The molecule has 1 aliphatic rings. The van der Waals surface area contributed by atoms with E-state index < -0.39 is 11.5 Å². The van der Waals surface area contributed by atoms with E-state index in [1.165, 1.54) is 0 Å². The molecule has 0 aromatic heterocycles. The number of ether oxygens (including phenoxy) is 1. The molecule has 1 N–H and O–H groups in total. The van der Waals surface area contributed by atoms with Gasteiger partial charge in [-0.1, -0.05) is 58.0 Å². The minimum Gasteiger partial charge on any atom is -0.462 e. The van der Waals surface area contributed by atoms with E-state index in [0.717, 1.165) is 24.8 Å². The lowest BCUT2D eigenvalue weighted by Gasteiger charge is -2.48. The Kier molecular flexibility index (Phi) is 5.74. The Labute approximate surface area is 146 Å². The third-order valence-corrected chi connectivity index (χ3v) is 5.62. The fourth-order valence-corrected chi connectivity index (χ4v) is 4.46. The van der Waals surface area contributed by atoms with Gasteiger partial charge in [0, 0.05) is 0 Å². The molecule has 3 nitrogen and oxygen atoms in total. The van der Waals surface area contributed by atoms with Crippen molar-refractivity contribution in [1.82, 2.24) is 0 Å². The van der Waals surface area contributed by atoms with E-state index in [1.54, 1.807) is 0 Å². The highest BCUT2D eigenvalue weighted by molar-refractivity contribution is 5.77. The van der Waals surface area contributed by atoms with Crippen molar-refractivity contribution in [3.8, 4) is 0 Å². The monoisotopic (exact) mass is 332 g/mol. The van der Waals surface area contributed by atoms with Crippen LogP contribution in [0.15, 0.2) is 30.3 Å². The van der Waals surface area contributed by atoms with Gasteiger partial charge in [0.05, 0.1) is 5.41 Å². The van der Waals surface area contributed by atoms with Gasteiger partial charge in [0.15, 0.2) is 0 Å². The van der Waals surface area contributed by atoms with E-state index in [-0.39, 0.29) is 18.0 Å². The van der Waals surface area contributed by atoms with Crippen molar-refractivity contribution in [3.05, 3.63) is 35.9 Å². The molecule has 1 aliphatic carbocycles. The van der Waals surface area contributed by atoms with Crippen LogP contribution < -0.4 is 0 Å². The molecule has 0 heterocycles. The molecule has 0 radical (unpaired) electrons. The number of aliphatic hydroxyl groups excluding tert-OH is 1. The number of carbonyl (C=O) groups excluding carboxylic acids is 1. The smallest absolute Gasteiger partial charge is 0.312 e. The normalized spacial score (nSPS) is 27.7. The van der Waals surface area contributed by atoms with E-state index in [1.807, 2.05) is 30.3 Å². The topological polar surface area (TPSA) is 46.5 Å². The number of rotatable bonds is 5. The predicted molar refractivity (Wildman–Crippen MR) is 96.4 cm³/mol. The Morgan fingerprint density at radius 1 is 1.25 bits per heavy atom. The van der Waals surface area contributed by atoms with Crippen LogP contribution in [0.3, 0.4) is 0 Å². The Morgan fingerprint density at radius 2 is 1.88 bits per heavy atom. The molecular weight excluding hydrogens is 300 g/mol. The molecule has 0 bridgehead atoms. The second-order valence-electron chi connectivity index (χ2n) is 8.67. The average Bonchev–Trinajstić information content (AvgIpc) is 2.51. The first-order chi connectivity index (χ1) is 11.2. The van der Waals surface area contributed by atoms with Crippen molar-refractivity contribution < 1.29 is 14.6 Å². The Bertz CT molecular complexity index is 549. The molecule has 0 amide bonds. The Hall–Kier alpha value is -1.35. The van der Waals surface area contributed by atoms with Crippen molar-refractivity contribution >= 4 is 5.97 Å². The largest absolute Gasteiger partial charge is 0.462 e. The number of aliphatic hydroxyl groups is 1. The molecule has 0 aliphatic heterocycles. The summed E-state index contributed by atoms with van der Waals surface area (Å²) in [6.45, 7) is 10.9. The van der Waals surface area contributed by atoms with Crippen LogP contribution in [0.4, 0.5) is 0 Å². The van der Waals surface area contributed by atoms with Crippen molar-refractivity contribution in [2.75, 3.05) is 6.61 Å². The first-order valence-electron chi connectivity index (χ1n) is 9.06. The maximum atomic E-state index is 12.9. The quantitative estimate of drug-likeness (QED) is 0.791. The zero-order valence-electron chi connectivity index (χ0n) is 15.7. The molecule has 3 heteroatoms. The van der Waals surface area contributed by atoms with Gasteiger partial charge in [-0.3, -0.25) is 4.79 Å².